The molecule has 2 aromatic carbocycles. The van der Waals surface area contributed by atoms with Crippen LogP contribution < -0.4 is 5.32 Å². The van der Waals surface area contributed by atoms with Crippen molar-refractivity contribution < 1.29 is 14.7 Å². The number of rotatable bonds is 5. The lowest BCUT2D eigenvalue weighted by Crippen LogP contribution is -2.17. The van der Waals surface area contributed by atoms with Gasteiger partial charge in [-0.25, -0.2) is 4.79 Å². The lowest BCUT2D eigenvalue weighted by Gasteiger charge is -2.09. The van der Waals surface area contributed by atoms with Gasteiger partial charge in [0.25, 0.3) is 5.91 Å². The lowest BCUT2D eigenvalue weighted by molar-refractivity contribution is 0.0692. The molecule has 2 aromatic heterocycles. The van der Waals surface area contributed by atoms with Crippen molar-refractivity contribution in [2.24, 2.45) is 7.05 Å². The van der Waals surface area contributed by atoms with E-state index in [0.29, 0.717) is 17.9 Å². The molecule has 30 heavy (non-hydrogen) atoms. The van der Waals surface area contributed by atoms with Crippen LogP contribution in [0.1, 0.15) is 37.8 Å². The van der Waals surface area contributed by atoms with Gasteiger partial charge in [0, 0.05) is 13.2 Å². The summed E-state index contributed by atoms with van der Waals surface area (Å²) in [6.07, 6.45) is 1.31. The maximum absolute atomic E-state index is 12.7. The average molecular weight is 403 g/mol. The molecule has 0 saturated carbocycles. The third kappa shape index (κ3) is 3.43. The van der Waals surface area contributed by atoms with Crippen LogP contribution in [0.25, 0.3) is 10.8 Å². The molecule has 4 aromatic rings. The zero-order chi connectivity index (χ0) is 21.4. The van der Waals surface area contributed by atoms with Gasteiger partial charge in [0.1, 0.15) is 5.56 Å². The van der Waals surface area contributed by atoms with Gasteiger partial charge in [0.15, 0.2) is 5.69 Å². The highest BCUT2D eigenvalue weighted by Gasteiger charge is 2.23. The summed E-state index contributed by atoms with van der Waals surface area (Å²) in [5.74, 6) is -1.78. The Balaban J connectivity index is 1.64. The Hall–Kier alpha value is -3.94. The van der Waals surface area contributed by atoms with Crippen molar-refractivity contribution in [3.8, 4) is 0 Å². The Morgan fingerprint density at radius 3 is 2.57 bits per heavy atom. The molecule has 8 heteroatoms. The minimum atomic E-state index is -1.20. The molecule has 2 heterocycles. The van der Waals surface area contributed by atoms with Gasteiger partial charge in [-0.1, -0.05) is 42.5 Å². The van der Waals surface area contributed by atoms with Crippen LogP contribution in [0.15, 0.2) is 48.7 Å². The quantitative estimate of drug-likeness (QED) is 0.532. The Kier molecular flexibility index (Phi) is 4.83. The minimum Gasteiger partial charge on any atom is -0.478 e. The van der Waals surface area contributed by atoms with Gasteiger partial charge in [-0.15, -0.1) is 0 Å². The van der Waals surface area contributed by atoms with Gasteiger partial charge >= 0.3 is 5.97 Å². The van der Waals surface area contributed by atoms with E-state index < -0.39 is 11.9 Å². The van der Waals surface area contributed by atoms with Gasteiger partial charge in [-0.3, -0.25) is 14.2 Å². The van der Waals surface area contributed by atoms with Crippen LogP contribution in [-0.2, 0) is 13.6 Å². The number of fused-ring (bicyclic) bond motifs is 1. The molecule has 0 unspecified atom stereocenters. The summed E-state index contributed by atoms with van der Waals surface area (Å²) in [6, 6.07) is 14.3. The maximum Gasteiger partial charge on any atom is 0.339 e. The number of aromatic nitrogens is 4. The average Bonchev–Trinajstić information content (AvgIpc) is 3.24. The van der Waals surface area contributed by atoms with E-state index in [9.17, 15) is 14.7 Å². The minimum absolute atomic E-state index is 0.134. The molecule has 0 atom stereocenters. The normalized spacial score (nSPS) is 11.0. The van der Waals surface area contributed by atoms with Crippen molar-refractivity contribution in [1.82, 2.24) is 19.6 Å². The number of aryl methyl sites for hydroxylation is 2. The summed E-state index contributed by atoms with van der Waals surface area (Å²) >= 11 is 0. The molecular weight excluding hydrogens is 382 g/mol. The Labute approximate surface area is 172 Å². The third-order valence-corrected chi connectivity index (χ3v) is 5.09. The highest BCUT2D eigenvalue weighted by molar-refractivity contribution is 6.09. The van der Waals surface area contributed by atoms with Crippen molar-refractivity contribution in [3.05, 3.63) is 76.9 Å². The zero-order valence-electron chi connectivity index (χ0n) is 16.9. The largest absolute Gasteiger partial charge is 0.478 e. The molecule has 0 saturated heterocycles. The number of hydrogen-bond donors (Lipinski definition) is 2. The Bertz CT molecular complexity index is 1280. The molecular formula is C22H21N5O3. The van der Waals surface area contributed by atoms with Crippen molar-refractivity contribution in [2.45, 2.75) is 20.4 Å². The number of anilines is 1. The van der Waals surface area contributed by atoms with Crippen LogP contribution in [0.3, 0.4) is 0 Å². The summed E-state index contributed by atoms with van der Waals surface area (Å²) < 4.78 is 3.14. The van der Waals surface area contributed by atoms with Gasteiger partial charge in [-0.2, -0.15) is 10.2 Å². The molecule has 0 fully saturated rings. The number of carboxylic acid groups (broad SMARTS) is 1. The van der Waals surface area contributed by atoms with E-state index in [2.05, 4.69) is 39.8 Å². The molecule has 0 radical (unpaired) electrons. The standard InChI is InChI=1S/C22H21N5O3/c1-13-19(23-21(28)20-18(22(29)30)12-26(3)25-20)14(2)27(24-13)11-16-9-6-8-15-7-4-5-10-17(15)16/h4-10,12H,11H2,1-3H3,(H,23,28)(H,29,30). The summed E-state index contributed by atoms with van der Waals surface area (Å²) in [7, 11) is 1.57. The van der Waals surface area contributed by atoms with Gasteiger partial charge in [0.05, 0.1) is 23.6 Å². The number of nitrogens with zero attached hydrogens (tertiary/aromatic N) is 4. The third-order valence-electron chi connectivity index (χ3n) is 5.09. The highest BCUT2D eigenvalue weighted by Crippen LogP contribution is 2.24. The van der Waals surface area contributed by atoms with Crippen molar-refractivity contribution in [1.29, 1.82) is 0 Å². The second-order valence-electron chi connectivity index (χ2n) is 7.17. The van der Waals surface area contributed by atoms with Gasteiger partial charge in [0.2, 0.25) is 0 Å². The van der Waals surface area contributed by atoms with Crippen LogP contribution in [-0.4, -0.2) is 36.5 Å². The van der Waals surface area contributed by atoms with E-state index in [1.165, 1.54) is 10.9 Å². The SMILES string of the molecule is Cc1nn(Cc2cccc3ccccc23)c(C)c1NC(=O)c1nn(C)cc1C(=O)O. The molecule has 8 nitrogen and oxygen atoms in total. The number of benzene rings is 2. The molecule has 0 aliphatic carbocycles. The fraction of sp³-hybridized carbons (Fsp3) is 0.182. The number of aromatic carboxylic acids is 1. The van der Waals surface area contributed by atoms with Crippen LogP contribution in [0.4, 0.5) is 5.69 Å². The summed E-state index contributed by atoms with van der Waals surface area (Å²) in [5.41, 5.74) is 2.83. The van der Waals surface area contributed by atoms with Crippen LogP contribution in [0, 0.1) is 13.8 Å². The van der Waals surface area contributed by atoms with Crippen LogP contribution in [0.2, 0.25) is 0 Å². The number of carbonyl (C=O) groups excluding carboxylic acids is 1. The van der Waals surface area contributed by atoms with E-state index in [1.54, 1.807) is 14.0 Å². The number of amides is 1. The molecule has 0 spiro atoms. The van der Waals surface area contributed by atoms with E-state index in [4.69, 9.17) is 0 Å². The Morgan fingerprint density at radius 2 is 1.80 bits per heavy atom. The second kappa shape index (κ2) is 7.47. The molecule has 1 amide bonds. The first-order valence-corrected chi connectivity index (χ1v) is 9.44. The monoisotopic (exact) mass is 403 g/mol. The van der Waals surface area contributed by atoms with Crippen molar-refractivity contribution in [3.63, 3.8) is 0 Å². The smallest absolute Gasteiger partial charge is 0.339 e. The molecule has 152 valence electrons. The summed E-state index contributed by atoms with van der Waals surface area (Å²) in [5, 5.41) is 23.0. The van der Waals surface area contributed by atoms with Gasteiger partial charge in [-0.05, 0) is 30.2 Å². The molecule has 0 aliphatic rings. The predicted molar refractivity (Wildman–Crippen MR) is 113 cm³/mol. The molecule has 2 N–H and O–H groups in total. The lowest BCUT2D eigenvalue weighted by atomic mass is 10.0. The van der Waals surface area contributed by atoms with E-state index in [0.717, 1.165) is 22.0 Å². The van der Waals surface area contributed by atoms with Gasteiger partial charge < -0.3 is 10.4 Å². The topological polar surface area (TPSA) is 102 Å². The first kappa shape index (κ1) is 19.4. The maximum atomic E-state index is 12.7. The first-order valence-electron chi connectivity index (χ1n) is 9.44. The number of carbonyl (C=O) groups is 2. The first-order chi connectivity index (χ1) is 14.3. The molecule has 0 bridgehead atoms. The Morgan fingerprint density at radius 1 is 1.07 bits per heavy atom. The zero-order valence-corrected chi connectivity index (χ0v) is 16.9. The van der Waals surface area contributed by atoms with Crippen molar-refractivity contribution in [2.75, 3.05) is 5.32 Å². The molecule has 4 rings (SSSR count). The van der Waals surface area contributed by atoms with Crippen LogP contribution >= 0.6 is 0 Å². The predicted octanol–water partition coefficient (Wildman–Crippen LogP) is 3.39. The van der Waals surface area contributed by atoms with E-state index in [-0.39, 0.29) is 11.3 Å². The number of nitrogens with one attached hydrogen (secondary N) is 1. The fourth-order valence-corrected chi connectivity index (χ4v) is 3.61. The van der Waals surface area contributed by atoms with Crippen molar-refractivity contribution >= 4 is 28.3 Å². The van der Waals surface area contributed by atoms with E-state index >= 15 is 0 Å². The number of carboxylic acids is 1. The summed E-state index contributed by atoms with van der Waals surface area (Å²) in [6.45, 7) is 4.23. The fourth-order valence-electron chi connectivity index (χ4n) is 3.61. The summed E-state index contributed by atoms with van der Waals surface area (Å²) in [4.78, 5) is 24.1. The van der Waals surface area contributed by atoms with E-state index in [1.807, 2.05) is 29.8 Å². The second-order valence-corrected chi connectivity index (χ2v) is 7.17. The molecule has 0 aliphatic heterocycles. The van der Waals surface area contributed by atoms with Crippen LogP contribution in [0.5, 0.6) is 0 Å². The highest BCUT2D eigenvalue weighted by atomic mass is 16.4. The number of hydrogen-bond acceptors (Lipinski definition) is 4.